The van der Waals surface area contributed by atoms with Crippen LogP contribution in [0.3, 0.4) is 0 Å². The predicted molar refractivity (Wildman–Crippen MR) is 73.5 cm³/mol. The molecule has 0 saturated heterocycles. The molecule has 18 heavy (non-hydrogen) atoms. The van der Waals surface area contributed by atoms with E-state index in [9.17, 15) is 4.79 Å². The molecule has 0 radical (unpaired) electrons. The fourth-order valence-electron chi connectivity index (χ4n) is 1.55. The normalized spacial score (nSPS) is 10.3. The Kier molecular flexibility index (Phi) is 3.88. The van der Waals surface area contributed by atoms with E-state index in [2.05, 4.69) is 10.4 Å². The van der Waals surface area contributed by atoms with Crippen LogP contribution in [0.5, 0.6) is 0 Å². The number of nitrogens with zero attached hydrogens (tertiary/aromatic N) is 2. The molecule has 0 unspecified atom stereocenters. The molecule has 1 aromatic carbocycles. The van der Waals surface area contributed by atoms with E-state index in [0.29, 0.717) is 5.69 Å². The molecule has 3 N–H and O–H groups in total. The molecular weight excluding hydrogens is 248 g/mol. The Morgan fingerprint density at radius 3 is 2.94 bits per heavy atom. The van der Waals surface area contributed by atoms with E-state index in [-0.39, 0.29) is 12.5 Å². The lowest BCUT2D eigenvalue weighted by molar-refractivity contribution is -0.116. The molecule has 1 heterocycles. The quantitative estimate of drug-likeness (QED) is 0.824. The molecule has 5 nitrogen and oxygen atoms in total. The maximum atomic E-state index is 11.8. The highest BCUT2D eigenvalue weighted by Gasteiger charge is 2.07. The molecule has 2 rings (SSSR count). The third-order valence-electron chi connectivity index (χ3n) is 2.34. The highest BCUT2D eigenvalue weighted by molar-refractivity contribution is 7.98. The predicted octanol–water partition coefficient (Wildman–Crippen LogP) is 1.83. The van der Waals surface area contributed by atoms with E-state index >= 15 is 0 Å². The molecule has 0 aliphatic heterocycles. The van der Waals surface area contributed by atoms with Crippen LogP contribution < -0.4 is 11.1 Å². The van der Waals surface area contributed by atoms with E-state index in [1.54, 1.807) is 18.0 Å². The Morgan fingerprint density at radius 1 is 1.50 bits per heavy atom. The molecule has 1 amide bonds. The number of benzene rings is 1. The molecule has 0 saturated carbocycles. The van der Waals surface area contributed by atoms with Crippen LogP contribution in [-0.4, -0.2) is 21.9 Å². The standard InChI is InChI=1S/C12H14N4OS/c1-18-11-5-3-2-4-10(11)15-12(17)8-16-7-9(13)6-14-16/h2-7H,8,13H2,1H3,(H,15,17). The van der Waals surface area contributed by atoms with Crippen molar-refractivity contribution in [3.63, 3.8) is 0 Å². The summed E-state index contributed by atoms with van der Waals surface area (Å²) in [6.45, 7) is 0.153. The number of thioether (sulfide) groups is 1. The van der Waals surface area contributed by atoms with Gasteiger partial charge in [-0.1, -0.05) is 12.1 Å². The Morgan fingerprint density at radius 2 is 2.28 bits per heavy atom. The topological polar surface area (TPSA) is 72.9 Å². The highest BCUT2D eigenvalue weighted by atomic mass is 32.2. The molecule has 94 valence electrons. The summed E-state index contributed by atoms with van der Waals surface area (Å²) in [5.41, 5.74) is 6.90. The molecule has 0 fully saturated rings. The fraction of sp³-hybridized carbons (Fsp3) is 0.167. The van der Waals surface area contributed by atoms with Crippen LogP contribution in [0.4, 0.5) is 11.4 Å². The summed E-state index contributed by atoms with van der Waals surface area (Å²) < 4.78 is 1.51. The zero-order valence-electron chi connectivity index (χ0n) is 9.96. The van der Waals surface area contributed by atoms with Crippen molar-refractivity contribution in [2.45, 2.75) is 11.4 Å². The van der Waals surface area contributed by atoms with Gasteiger partial charge in [0.1, 0.15) is 6.54 Å². The Bertz CT molecular complexity index is 553. The number of nitrogens with two attached hydrogens (primary N) is 1. The van der Waals surface area contributed by atoms with Crippen molar-refractivity contribution in [3.05, 3.63) is 36.7 Å². The zero-order valence-corrected chi connectivity index (χ0v) is 10.8. The van der Waals surface area contributed by atoms with E-state index in [1.807, 2.05) is 30.5 Å². The number of anilines is 2. The Balaban J connectivity index is 2.03. The average molecular weight is 262 g/mol. The second-order valence-corrected chi connectivity index (χ2v) is 4.57. The smallest absolute Gasteiger partial charge is 0.246 e. The van der Waals surface area contributed by atoms with Crippen molar-refractivity contribution >= 4 is 29.0 Å². The summed E-state index contributed by atoms with van der Waals surface area (Å²) in [6.07, 6.45) is 5.11. The van der Waals surface area contributed by atoms with Crippen molar-refractivity contribution in [3.8, 4) is 0 Å². The summed E-state index contributed by atoms with van der Waals surface area (Å²) in [6, 6.07) is 7.67. The number of hydrogen-bond donors (Lipinski definition) is 2. The third-order valence-corrected chi connectivity index (χ3v) is 3.14. The number of aromatic nitrogens is 2. The van der Waals surface area contributed by atoms with E-state index in [4.69, 9.17) is 5.73 Å². The second-order valence-electron chi connectivity index (χ2n) is 3.72. The molecule has 0 spiro atoms. The number of amides is 1. The number of nitrogens with one attached hydrogen (secondary N) is 1. The van der Waals surface area contributed by atoms with Gasteiger partial charge in [-0.2, -0.15) is 5.10 Å². The summed E-state index contributed by atoms with van der Waals surface area (Å²) >= 11 is 1.59. The van der Waals surface area contributed by atoms with Gasteiger partial charge < -0.3 is 11.1 Å². The van der Waals surface area contributed by atoms with Crippen LogP contribution in [-0.2, 0) is 11.3 Å². The first-order valence-electron chi connectivity index (χ1n) is 5.40. The first-order valence-corrected chi connectivity index (χ1v) is 6.62. The van der Waals surface area contributed by atoms with Crippen molar-refractivity contribution < 1.29 is 4.79 Å². The lowest BCUT2D eigenvalue weighted by Gasteiger charge is -2.09. The lowest BCUT2D eigenvalue weighted by atomic mass is 10.3. The van der Waals surface area contributed by atoms with E-state index in [0.717, 1.165) is 10.6 Å². The number of carbonyl (C=O) groups excluding carboxylic acids is 1. The van der Waals surface area contributed by atoms with Gasteiger partial charge in [0.15, 0.2) is 0 Å². The molecule has 0 bridgehead atoms. The monoisotopic (exact) mass is 262 g/mol. The SMILES string of the molecule is CSc1ccccc1NC(=O)Cn1cc(N)cn1. The van der Waals surface area contributed by atoms with E-state index in [1.165, 1.54) is 10.9 Å². The lowest BCUT2D eigenvalue weighted by Crippen LogP contribution is -2.19. The van der Waals surface area contributed by atoms with Crippen LogP contribution in [0.2, 0.25) is 0 Å². The molecule has 0 aliphatic rings. The van der Waals surface area contributed by atoms with Crippen LogP contribution in [0.15, 0.2) is 41.6 Å². The van der Waals surface area contributed by atoms with Crippen LogP contribution >= 0.6 is 11.8 Å². The number of nitrogen functional groups attached to an aromatic ring is 1. The molecule has 6 heteroatoms. The first-order chi connectivity index (χ1) is 8.69. The van der Waals surface area contributed by atoms with Gasteiger partial charge in [0.05, 0.1) is 17.6 Å². The summed E-state index contributed by atoms with van der Waals surface area (Å²) in [4.78, 5) is 12.9. The van der Waals surface area contributed by atoms with Crippen molar-refractivity contribution in [2.75, 3.05) is 17.3 Å². The summed E-state index contributed by atoms with van der Waals surface area (Å²) in [5.74, 6) is -0.125. The van der Waals surface area contributed by atoms with Crippen molar-refractivity contribution in [1.82, 2.24) is 9.78 Å². The molecular formula is C12H14N4OS. The Hall–Kier alpha value is -1.95. The molecule has 2 aromatic rings. The molecule has 0 aliphatic carbocycles. The van der Waals surface area contributed by atoms with Crippen LogP contribution in [0.1, 0.15) is 0 Å². The van der Waals surface area contributed by atoms with Crippen LogP contribution in [0.25, 0.3) is 0 Å². The molecule has 1 aromatic heterocycles. The average Bonchev–Trinajstić information content (AvgIpc) is 2.75. The van der Waals surface area contributed by atoms with Crippen LogP contribution in [0, 0.1) is 0 Å². The van der Waals surface area contributed by atoms with Gasteiger partial charge in [0.2, 0.25) is 5.91 Å². The Labute approximate surface area is 109 Å². The van der Waals surface area contributed by atoms with Gasteiger partial charge in [0, 0.05) is 11.1 Å². The third kappa shape index (κ3) is 3.04. The number of rotatable bonds is 4. The largest absolute Gasteiger partial charge is 0.396 e. The van der Waals surface area contributed by atoms with Crippen molar-refractivity contribution in [1.29, 1.82) is 0 Å². The van der Waals surface area contributed by atoms with Gasteiger partial charge in [-0.15, -0.1) is 11.8 Å². The zero-order chi connectivity index (χ0) is 13.0. The minimum atomic E-state index is -0.125. The minimum absolute atomic E-state index is 0.125. The van der Waals surface area contributed by atoms with Gasteiger partial charge >= 0.3 is 0 Å². The maximum Gasteiger partial charge on any atom is 0.246 e. The number of para-hydroxylation sites is 1. The second kappa shape index (κ2) is 5.59. The summed E-state index contributed by atoms with van der Waals surface area (Å²) in [5, 5.41) is 6.82. The van der Waals surface area contributed by atoms with Gasteiger partial charge in [-0.25, -0.2) is 0 Å². The minimum Gasteiger partial charge on any atom is -0.396 e. The number of hydrogen-bond acceptors (Lipinski definition) is 4. The fourth-order valence-corrected chi connectivity index (χ4v) is 2.10. The summed E-state index contributed by atoms with van der Waals surface area (Å²) in [7, 11) is 0. The molecule has 0 atom stereocenters. The van der Waals surface area contributed by atoms with Crippen molar-refractivity contribution in [2.24, 2.45) is 0 Å². The van der Waals surface area contributed by atoms with Gasteiger partial charge in [0.25, 0.3) is 0 Å². The first kappa shape index (κ1) is 12.5. The van der Waals surface area contributed by atoms with Gasteiger partial charge in [-0.3, -0.25) is 9.48 Å². The highest BCUT2D eigenvalue weighted by Crippen LogP contribution is 2.24. The van der Waals surface area contributed by atoms with Gasteiger partial charge in [-0.05, 0) is 18.4 Å². The number of carbonyl (C=O) groups is 1. The van der Waals surface area contributed by atoms with E-state index < -0.39 is 0 Å². The maximum absolute atomic E-state index is 11.8.